The predicted octanol–water partition coefficient (Wildman–Crippen LogP) is -0.276. The molecular formula is C27H41N7O6S. The molecule has 2 rings (SSSR count). The quantitative estimate of drug-likeness (QED) is 0.100. The number of carbonyl (C=O) groups is 5. The number of nitrogens with one attached hydrogen (secondary N) is 4. The van der Waals surface area contributed by atoms with E-state index in [1.165, 1.54) is 11.8 Å². The predicted molar refractivity (Wildman–Crippen MR) is 158 cm³/mol. The summed E-state index contributed by atoms with van der Waals surface area (Å²) in [5.74, 6) is -3.19. The SMILES string of the molecule is CSCCC(NC(=O)C(CCCCN)NC(=O)C(Cc1c[nH]c2ccccc12)NC(=O)C(N)CCC(N)=O)C(=O)O. The Kier molecular flexibility index (Phi) is 14.1. The van der Waals surface area contributed by atoms with Crippen LogP contribution in [0.3, 0.4) is 0 Å². The molecule has 226 valence electrons. The number of hydrogen-bond donors (Lipinski definition) is 8. The lowest BCUT2D eigenvalue weighted by Crippen LogP contribution is -2.57. The van der Waals surface area contributed by atoms with Gasteiger partial charge in [0.1, 0.15) is 18.1 Å². The number of thioether (sulfide) groups is 1. The number of primary amides is 1. The molecule has 0 aliphatic rings. The number of carboxylic acids is 1. The number of nitrogens with two attached hydrogens (primary N) is 3. The number of para-hydroxylation sites is 1. The molecule has 0 fully saturated rings. The summed E-state index contributed by atoms with van der Waals surface area (Å²) in [5, 5.41) is 18.3. The minimum Gasteiger partial charge on any atom is -0.480 e. The number of amides is 4. The van der Waals surface area contributed by atoms with Crippen LogP contribution >= 0.6 is 11.8 Å². The van der Waals surface area contributed by atoms with Crippen LogP contribution in [0.1, 0.15) is 44.1 Å². The molecule has 1 aromatic carbocycles. The first kappa shape index (κ1) is 33.6. The van der Waals surface area contributed by atoms with Gasteiger partial charge in [-0.05, 0) is 62.3 Å². The van der Waals surface area contributed by atoms with Crippen molar-refractivity contribution in [2.75, 3.05) is 18.6 Å². The third kappa shape index (κ3) is 11.1. The van der Waals surface area contributed by atoms with Gasteiger partial charge in [0.15, 0.2) is 0 Å². The maximum absolute atomic E-state index is 13.6. The van der Waals surface area contributed by atoms with Gasteiger partial charge in [-0.15, -0.1) is 0 Å². The zero-order valence-electron chi connectivity index (χ0n) is 23.2. The molecule has 0 radical (unpaired) electrons. The van der Waals surface area contributed by atoms with Crippen LogP contribution in [0, 0.1) is 0 Å². The Labute approximate surface area is 243 Å². The first-order chi connectivity index (χ1) is 19.6. The lowest BCUT2D eigenvalue weighted by atomic mass is 10.0. The molecule has 0 saturated heterocycles. The van der Waals surface area contributed by atoms with Gasteiger partial charge >= 0.3 is 5.97 Å². The molecule has 4 amide bonds. The molecule has 14 heteroatoms. The molecule has 1 aromatic heterocycles. The van der Waals surface area contributed by atoms with Crippen molar-refractivity contribution < 1.29 is 29.1 Å². The molecule has 0 saturated carbocycles. The fourth-order valence-electron chi connectivity index (χ4n) is 4.24. The van der Waals surface area contributed by atoms with E-state index in [1.54, 1.807) is 6.20 Å². The number of carbonyl (C=O) groups excluding carboxylic acids is 4. The number of aliphatic carboxylic acids is 1. The van der Waals surface area contributed by atoms with Crippen LogP contribution in [-0.4, -0.2) is 82.4 Å². The highest BCUT2D eigenvalue weighted by Gasteiger charge is 2.30. The minimum absolute atomic E-state index is 0.000661. The van der Waals surface area contributed by atoms with Crippen LogP contribution in [0.15, 0.2) is 30.5 Å². The zero-order valence-corrected chi connectivity index (χ0v) is 24.0. The highest BCUT2D eigenvalue weighted by molar-refractivity contribution is 7.98. The smallest absolute Gasteiger partial charge is 0.326 e. The third-order valence-electron chi connectivity index (χ3n) is 6.58. The second kappa shape index (κ2) is 17.3. The number of unbranched alkanes of at least 4 members (excludes halogenated alkanes) is 1. The van der Waals surface area contributed by atoms with Gasteiger partial charge in [0.05, 0.1) is 6.04 Å². The van der Waals surface area contributed by atoms with Crippen LogP contribution in [-0.2, 0) is 30.4 Å². The molecule has 4 unspecified atom stereocenters. The summed E-state index contributed by atoms with van der Waals surface area (Å²) in [6.07, 6.45) is 5.08. The minimum atomic E-state index is -1.17. The Hall–Kier alpha value is -3.62. The summed E-state index contributed by atoms with van der Waals surface area (Å²) in [5.41, 5.74) is 18.3. The van der Waals surface area contributed by atoms with Crippen LogP contribution in [0.25, 0.3) is 10.9 Å². The van der Waals surface area contributed by atoms with Crippen LogP contribution in [0.5, 0.6) is 0 Å². The number of aromatic nitrogens is 1. The lowest BCUT2D eigenvalue weighted by molar-refractivity contribution is -0.142. The van der Waals surface area contributed by atoms with Crippen molar-refractivity contribution >= 4 is 52.3 Å². The fourth-order valence-corrected chi connectivity index (χ4v) is 4.71. The molecule has 0 spiro atoms. The standard InChI is InChI=1S/C27H41N7O6S/c1-41-13-11-21(27(39)40)33-25(37)20(8-4-5-12-28)32-26(38)22(34-24(36)18(29)9-10-23(30)35)14-16-15-31-19-7-3-2-6-17(16)19/h2-3,6-7,15,18,20-22,31H,4-5,8-14,28-29H2,1H3,(H2,30,35)(H,32,38)(H,33,37)(H,34,36)(H,39,40). The number of fused-ring (bicyclic) bond motifs is 1. The third-order valence-corrected chi connectivity index (χ3v) is 7.22. The van der Waals surface area contributed by atoms with E-state index in [9.17, 15) is 29.1 Å². The normalized spacial score (nSPS) is 14.0. The Bertz CT molecular complexity index is 1190. The average Bonchev–Trinajstić information content (AvgIpc) is 3.35. The first-order valence-electron chi connectivity index (χ1n) is 13.5. The summed E-state index contributed by atoms with van der Waals surface area (Å²) < 4.78 is 0. The Morgan fingerprint density at radius 1 is 0.927 bits per heavy atom. The number of carboxylic acid groups (broad SMARTS) is 1. The fraction of sp³-hybridized carbons (Fsp3) is 0.519. The summed E-state index contributed by atoms with van der Waals surface area (Å²) in [7, 11) is 0. The summed E-state index contributed by atoms with van der Waals surface area (Å²) in [6.45, 7) is 0.385. The van der Waals surface area contributed by atoms with Crippen molar-refractivity contribution in [1.82, 2.24) is 20.9 Å². The van der Waals surface area contributed by atoms with Crippen molar-refractivity contribution in [3.05, 3.63) is 36.0 Å². The summed E-state index contributed by atoms with van der Waals surface area (Å²) in [6, 6.07) is 3.07. The molecule has 0 bridgehead atoms. The number of H-pyrrole nitrogens is 1. The van der Waals surface area contributed by atoms with Crippen molar-refractivity contribution in [3.63, 3.8) is 0 Å². The topological polar surface area (TPSA) is 236 Å². The van der Waals surface area contributed by atoms with Crippen LogP contribution in [0.4, 0.5) is 0 Å². The number of aromatic amines is 1. The summed E-state index contributed by atoms with van der Waals surface area (Å²) in [4.78, 5) is 65.6. The average molecular weight is 592 g/mol. The maximum Gasteiger partial charge on any atom is 0.326 e. The second-order valence-electron chi connectivity index (χ2n) is 9.76. The van der Waals surface area contributed by atoms with Crippen molar-refractivity contribution in [3.8, 4) is 0 Å². The number of hydrogen-bond acceptors (Lipinski definition) is 8. The molecule has 13 nitrogen and oxygen atoms in total. The van der Waals surface area contributed by atoms with Gasteiger partial charge < -0.3 is 43.2 Å². The highest BCUT2D eigenvalue weighted by atomic mass is 32.2. The van der Waals surface area contributed by atoms with E-state index in [2.05, 4.69) is 20.9 Å². The molecule has 0 aliphatic carbocycles. The summed E-state index contributed by atoms with van der Waals surface area (Å²) >= 11 is 1.45. The first-order valence-corrected chi connectivity index (χ1v) is 14.9. The van der Waals surface area contributed by atoms with Gasteiger partial charge in [-0.25, -0.2) is 4.79 Å². The van der Waals surface area contributed by atoms with Crippen LogP contribution in [0.2, 0.25) is 0 Å². The van der Waals surface area contributed by atoms with Gasteiger partial charge in [-0.3, -0.25) is 19.2 Å². The second-order valence-corrected chi connectivity index (χ2v) is 10.7. The highest BCUT2D eigenvalue weighted by Crippen LogP contribution is 2.19. The van der Waals surface area contributed by atoms with Crippen LogP contribution < -0.4 is 33.2 Å². The van der Waals surface area contributed by atoms with E-state index in [1.807, 2.05) is 30.5 Å². The van der Waals surface area contributed by atoms with Gasteiger partial charge in [0, 0.05) is 29.9 Å². The van der Waals surface area contributed by atoms with E-state index >= 15 is 0 Å². The monoisotopic (exact) mass is 591 g/mol. The number of rotatable bonds is 19. The molecular weight excluding hydrogens is 550 g/mol. The van der Waals surface area contributed by atoms with E-state index in [-0.39, 0.29) is 32.1 Å². The molecule has 41 heavy (non-hydrogen) atoms. The van der Waals surface area contributed by atoms with E-state index in [0.29, 0.717) is 25.1 Å². The molecule has 4 atom stereocenters. The zero-order chi connectivity index (χ0) is 30.4. The van der Waals surface area contributed by atoms with Gasteiger partial charge in [0.25, 0.3) is 0 Å². The number of benzene rings is 1. The van der Waals surface area contributed by atoms with Crippen molar-refractivity contribution in [2.45, 2.75) is 69.1 Å². The lowest BCUT2D eigenvalue weighted by Gasteiger charge is -2.25. The van der Waals surface area contributed by atoms with E-state index in [0.717, 1.165) is 16.5 Å². The molecule has 1 heterocycles. The Balaban J connectivity index is 2.28. The van der Waals surface area contributed by atoms with Crippen molar-refractivity contribution in [1.29, 1.82) is 0 Å². The van der Waals surface area contributed by atoms with Gasteiger partial charge in [-0.1, -0.05) is 18.2 Å². The molecule has 2 aromatic rings. The van der Waals surface area contributed by atoms with Gasteiger partial charge in [-0.2, -0.15) is 11.8 Å². The van der Waals surface area contributed by atoms with E-state index in [4.69, 9.17) is 17.2 Å². The maximum atomic E-state index is 13.6. The van der Waals surface area contributed by atoms with E-state index < -0.39 is 53.8 Å². The molecule has 11 N–H and O–H groups in total. The largest absolute Gasteiger partial charge is 0.480 e. The Morgan fingerprint density at radius 3 is 2.24 bits per heavy atom. The Morgan fingerprint density at radius 2 is 1.59 bits per heavy atom. The van der Waals surface area contributed by atoms with Crippen molar-refractivity contribution in [2.24, 2.45) is 17.2 Å². The van der Waals surface area contributed by atoms with Gasteiger partial charge in [0.2, 0.25) is 23.6 Å². The molecule has 0 aliphatic heterocycles.